The maximum Gasteiger partial charge on any atom is 0.244 e. The number of thiophene rings is 1. The summed E-state index contributed by atoms with van der Waals surface area (Å²) in [5.74, 6) is 0.933. The zero-order chi connectivity index (χ0) is 18.1. The van der Waals surface area contributed by atoms with Gasteiger partial charge in [-0.25, -0.2) is 9.97 Å². The highest BCUT2D eigenvalue weighted by molar-refractivity contribution is 7.16. The van der Waals surface area contributed by atoms with Gasteiger partial charge in [-0.05, 0) is 23.9 Å². The van der Waals surface area contributed by atoms with Crippen molar-refractivity contribution in [2.45, 2.75) is 13.0 Å². The monoisotopic (exact) mass is 367 g/mol. The van der Waals surface area contributed by atoms with Crippen LogP contribution < -0.4 is 10.6 Å². The van der Waals surface area contributed by atoms with E-state index in [-0.39, 0.29) is 5.91 Å². The molecule has 0 bridgehead atoms. The molecular weight excluding hydrogens is 346 g/mol. The minimum Gasteiger partial charge on any atom is -0.352 e. The van der Waals surface area contributed by atoms with Crippen LogP contribution in [0.3, 0.4) is 0 Å². The lowest BCUT2D eigenvalue weighted by molar-refractivity contribution is -0.133. The van der Waals surface area contributed by atoms with Gasteiger partial charge in [-0.2, -0.15) is 0 Å². The Morgan fingerprint density at radius 1 is 1.12 bits per heavy atom. The number of aromatic nitrogens is 2. The second-order valence-electron chi connectivity index (χ2n) is 6.54. The Morgan fingerprint density at radius 3 is 2.58 bits per heavy atom. The molecule has 0 radical (unpaired) electrons. The smallest absolute Gasteiger partial charge is 0.244 e. The number of rotatable bonds is 3. The van der Waals surface area contributed by atoms with Crippen LogP contribution in [0.2, 0.25) is 0 Å². The molecule has 1 aliphatic rings. The molecule has 1 aromatic carbocycles. The summed E-state index contributed by atoms with van der Waals surface area (Å²) in [7, 11) is 0. The van der Waals surface area contributed by atoms with E-state index in [0.29, 0.717) is 13.1 Å². The van der Waals surface area contributed by atoms with Gasteiger partial charge >= 0.3 is 0 Å². The third kappa shape index (κ3) is 3.15. The van der Waals surface area contributed by atoms with Gasteiger partial charge in [0.25, 0.3) is 0 Å². The molecule has 7 heteroatoms. The van der Waals surface area contributed by atoms with Crippen LogP contribution in [-0.4, -0.2) is 47.0 Å². The predicted octanol–water partition coefficient (Wildman–Crippen LogP) is 2.35. The van der Waals surface area contributed by atoms with Crippen molar-refractivity contribution in [3.05, 3.63) is 53.2 Å². The van der Waals surface area contributed by atoms with Crippen LogP contribution in [0, 0.1) is 6.92 Å². The van der Waals surface area contributed by atoms with E-state index in [1.54, 1.807) is 17.7 Å². The van der Waals surface area contributed by atoms with Crippen LogP contribution in [0.5, 0.6) is 0 Å². The molecule has 1 aliphatic heterocycles. The Hall–Kier alpha value is -2.51. The SMILES string of the molecule is Cc1ccc(C(N)C(=O)N2CCN(c3ncnc4sccc34)CC2)cc1. The van der Waals surface area contributed by atoms with E-state index in [1.807, 2.05) is 41.5 Å². The molecular formula is C19H21N5OS. The van der Waals surface area contributed by atoms with Crippen LogP contribution in [0.15, 0.2) is 42.0 Å². The molecule has 0 aliphatic carbocycles. The van der Waals surface area contributed by atoms with Gasteiger partial charge in [-0.3, -0.25) is 4.79 Å². The first-order chi connectivity index (χ1) is 12.6. The highest BCUT2D eigenvalue weighted by Crippen LogP contribution is 2.27. The van der Waals surface area contributed by atoms with Crippen LogP contribution >= 0.6 is 11.3 Å². The zero-order valence-electron chi connectivity index (χ0n) is 14.6. The summed E-state index contributed by atoms with van der Waals surface area (Å²) in [5.41, 5.74) is 8.22. The standard InChI is InChI=1S/C19H21N5OS/c1-13-2-4-14(5-3-13)16(20)19(25)24-9-7-23(8-10-24)17-15-6-11-26-18(15)22-12-21-17/h2-6,11-12,16H,7-10,20H2,1H3. The quantitative estimate of drug-likeness (QED) is 0.769. The topological polar surface area (TPSA) is 75.4 Å². The normalized spacial score (nSPS) is 16.1. The van der Waals surface area contributed by atoms with E-state index in [1.165, 1.54) is 0 Å². The second kappa shape index (κ2) is 7.01. The fraction of sp³-hybridized carbons (Fsp3) is 0.316. The van der Waals surface area contributed by atoms with Crippen molar-refractivity contribution < 1.29 is 4.79 Å². The van der Waals surface area contributed by atoms with Gasteiger partial charge in [-0.1, -0.05) is 29.8 Å². The number of nitrogens with zero attached hydrogens (tertiary/aromatic N) is 4. The Morgan fingerprint density at radius 2 is 1.85 bits per heavy atom. The van der Waals surface area contributed by atoms with Crippen LogP contribution in [-0.2, 0) is 4.79 Å². The van der Waals surface area contributed by atoms with Crippen molar-refractivity contribution >= 4 is 33.3 Å². The number of aryl methyl sites for hydroxylation is 1. The van der Waals surface area contributed by atoms with Gasteiger partial charge in [0, 0.05) is 26.2 Å². The van der Waals surface area contributed by atoms with Gasteiger partial charge in [0.15, 0.2) is 0 Å². The number of amides is 1. The Bertz CT molecular complexity index is 915. The largest absolute Gasteiger partial charge is 0.352 e. The molecule has 3 heterocycles. The number of nitrogens with two attached hydrogens (primary N) is 1. The van der Waals surface area contributed by atoms with E-state index in [4.69, 9.17) is 5.73 Å². The number of hydrogen-bond donors (Lipinski definition) is 1. The lowest BCUT2D eigenvalue weighted by Crippen LogP contribution is -2.51. The first kappa shape index (κ1) is 16.9. The molecule has 134 valence electrons. The first-order valence-corrected chi connectivity index (χ1v) is 9.55. The summed E-state index contributed by atoms with van der Waals surface area (Å²) in [6, 6.07) is 9.29. The van der Waals surface area contributed by atoms with Crippen molar-refractivity contribution in [3.8, 4) is 0 Å². The minimum atomic E-state index is -0.607. The predicted molar refractivity (Wildman–Crippen MR) is 104 cm³/mol. The molecule has 2 N–H and O–H groups in total. The molecule has 0 spiro atoms. The van der Waals surface area contributed by atoms with Gasteiger partial charge in [0.2, 0.25) is 5.91 Å². The highest BCUT2D eigenvalue weighted by atomic mass is 32.1. The van der Waals surface area contributed by atoms with E-state index >= 15 is 0 Å². The van der Waals surface area contributed by atoms with Crippen LogP contribution in [0.25, 0.3) is 10.2 Å². The number of hydrogen-bond acceptors (Lipinski definition) is 6. The second-order valence-corrected chi connectivity index (χ2v) is 7.43. The van der Waals surface area contributed by atoms with Crippen molar-refractivity contribution in [1.29, 1.82) is 0 Å². The van der Waals surface area contributed by atoms with E-state index in [2.05, 4.69) is 20.9 Å². The molecule has 26 heavy (non-hydrogen) atoms. The minimum absolute atomic E-state index is 0.0168. The third-order valence-electron chi connectivity index (χ3n) is 4.83. The van der Waals surface area contributed by atoms with Crippen molar-refractivity contribution in [1.82, 2.24) is 14.9 Å². The summed E-state index contributed by atoms with van der Waals surface area (Å²) in [4.78, 5) is 26.6. The van der Waals surface area contributed by atoms with Gasteiger partial charge < -0.3 is 15.5 Å². The van der Waals surface area contributed by atoms with Crippen LogP contribution in [0.4, 0.5) is 5.82 Å². The van der Waals surface area contributed by atoms with E-state index < -0.39 is 6.04 Å². The molecule has 2 aromatic heterocycles. The summed E-state index contributed by atoms with van der Waals surface area (Å²) < 4.78 is 0. The van der Waals surface area contributed by atoms with E-state index in [0.717, 1.165) is 40.3 Å². The lowest BCUT2D eigenvalue weighted by atomic mass is 10.0. The third-order valence-corrected chi connectivity index (χ3v) is 5.65. The van der Waals surface area contributed by atoms with Crippen molar-refractivity contribution in [2.75, 3.05) is 31.1 Å². The van der Waals surface area contributed by atoms with Crippen molar-refractivity contribution in [3.63, 3.8) is 0 Å². The fourth-order valence-corrected chi connectivity index (χ4v) is 4.01. The zero-order valence-corrected chi connectivity index (χ0v) is 15.4. The highest BCUT2D eigenvalue weighted by Gasteiger charge is 2.27. The molecule has 0 saturated carbocycles. The van der Waals surface area contributed by atoms with Crippen molar-refractivity contribution in [2.24, 2.45) is 5.73 Å². The number of fused-ring (bicyclic) bond motifs is 1. The molecule has 3 aromatic rings. The maximum atomic E-state index is 12.8. The fourth-order valence-electron chi connectivity index (χ4n) is 3.28. The number of carbonyl (C=O) groups is 1. The summed E-state index contributed by atoms with van der Waals surface area (Å²) in [6.45, 7) is 4.80. The Labute approximate surface area is 156 Å². The Balaban J connectivity index is 1.44. The molecule has 4 rings (SSSR count). The molecule has 6 nitrogen and oxygen atoms in total. The molecule has 1 unspecified atom stereocenters. The number of benzene rings is 1. The molecule has 1 amide bonds. The average molecular weight is 367 g/mol. The molecule has 1 fully saturated rings. The number of anilines is 1. The summed E-state index contributed by atoms with van der Waals surface area (Å²) >= 11 is 1.61. The van der Waals surface area contributed by atoms with Gasteiger partial charge in [0.05, 0.1) is 5.39 Å². The molecule has 1 atom stereocenters. The van der Waals surface area contributed by atoms with Gasteiger partial charge in [0.1, 0.15) is 23.0 Å². The number of carbonyl (C=O) groups excluding carboxylic acids is 1. The average Bonchev–Trinajstić information content (AvgIpc) is 3.16. The first-order valence-electron chi connectivity index (χ1n) is 8.67. The number of piperazine rings is 1. The maximum absolute atomic E-state index is 12.8. The van der Waals surface area contributed by atoms with E-state index in [9.17, 15) is 4.79 Å². The van der Waals surface area contributed by atoms with Crippen LogP contribution in [0.1, 0.15) is 17.2 Å². The molecule has 1 saturated heterocycles. The summed E-state index contributed by atoms with van der Waals surface area (Å²) in [5, 5.41) is 3.11. The Kier molecular flexibility index (Phi) is 4.57. The lowest BCUT2D eigenvalue weighted by Gasteiger charge is -2.36. The van der Waals surface area contributed by atoms with Gasteiger partial charge in [-0.15, -0.1) is 11.3 Å². The summed E-state index contributed by atoms with van der Waals surface area (Å²) in [6.07, 6.45) is 1.61.